The van der Waals surface area contributed by atoms with Crippen LogP contribution in [0.1, 0.15) is 50.5 Å². The number of rotatable bonds is 4. The monoisotopic (exact) mass is 420 g/mol. The maximum Gasteiger partial charge on any atom is 0.325 e. The fraction of sp³-hybridized carbons (Fsp3) is 0.450. The molecule has 3 amide bonds. The molecule has 0 bridgehead atoms. The SMILES string of the molecule is CC1CC(NC(=O)c2csc(NC(=O)Nc3cccc(Cl)c3)n2)CC(C)(C)C1. The van der Waals surface area contributed by atoms with E-state index in [0.29, 0.717) is 27.5 Å². The maximum atomic E-state index is 12.5. The summed E-state index contributed by atoms with van der Waals surface area (Å²) in [4.78, 5) is 28.9. The first-order valence-electron chi connectivity index (χ1n) is 9.30. The van der Waals surface area contributed by atoms with E-state index in [1.54, 1.807) is 29.6 Å². The predicted octanol–water partition coefficient (Wildman–Crippen LogP) is 5.39. The summed E-state index contributed by atoms with van der Waals surface area (Å²) in [5.74, 6) is 0.381. The Morgan fingerprint density at radius 2 is 2.04 bits per heavy atom. The Kier molecular flexibility index (Phi) is 6.25. The van der Waals surface area contributed by atoms with E-state index in [-0.39, 0.29) is 17.4 Å². The minimum absolute atomic E-state index is 0.149. The van der Waals surface area contributed by atoms with Crippen LogP contribution in [-0.2, 0) is 0 Å². The van der Waals surface area contributed by atoms with Crippen LogP contribution in [0, 0.1) is 11.3 Å². The molecule has 0 aliphatic heterocycles. The van der Waals surface area contributed by atoms with E-state index >= 15 is 0 Å². The first kappa shape index (κ1) is 20.6. The van der Waals surface area contributed by atoms with Crippen molar-refractivity contribution in [2.45, 2.75) is 46.1 Å². The fourth-order valence-corrected chi connectivity index (χ4v) is 4.85. The molecule has 3 rings (SSSR count). The second-order valence-corrected chi connectivity index (χ2v) is 9.51. The molecular formula is C20H25ClN4O2S. The molecule has 1 aromatic carbocycles. The van der Waals surface area contributed by atoms with Crippen LogP contribution in [0.2, 0.25) is 5.02 Å². The molecule has 6 nitrogen and oxygen atoms in total. The standard InChI is InChI=1S/C20H25ClN4O2S/c1-12-7-15(10-20(2,3)9-12)22-17(26)16-11-28-19(24-16)25-18(27)23-14-6-4-5-13(21)8-14/h4-6,8,11-12,15H,7,9-10H2,1-3H3,(H,22,26)(H2,23,24,25,27). The number of benzene rings is 1. The summed E-state index contributed by atoms with van der Waals surface area (Å²) in [5.41, 5.74) is 1.12. The van der Waals surface area contributed by atoms with Crippen LogP contribution in [-0.4, -0.2) is 23.0 Å². The first-order valence-corrected chi connectivity index (χ1v) is 10.6. The zero-order valence-corrected chi connectivity index (χ0v) is 17.8. The van der Waals surface area contributed by atoms with Gasteiger partial charge in [-0.15, -0.1) is 11.3 Å². The molecule has 1 heterocycles. The summed E-state index contributed by atoms with van der Waals surface area (Å²) < 4.78 is 0. The number of nitrogens with one attached hydrogen (secondary N) is 3. The van der Waals surface area contributed by atoms with E-state index in [1.807, 2.05) is 0 Å². The van der Waals surface area contributed by atoms with Gasteiger partial charge in [-0.05, 0) is 48.8 Å². The van der Waals surface area contributed by atoms with Crippen molar-refractivity contribution in [3.05, 3.63) is 40.4 Å². The molecule has 1 aliphatic rings. The van der Waals surface area contributed by atoms with Crippen LogP contribution < -0.4 is 16.0 Å². The molecule has 0 spiro atoms. The molecule has 0 radical (unpaired) electrons. The minimum Gasteiger partial charge on any atom is -0.348 e. The van der Waals surface area contributed by atoms with E-state index in [4.69, 9.17) is 11.6 Å². The van der Waals surface area contributed by atoms with E-state index in [1.165, 1.54) is 17.8 Å². The molecule has 1 fully saturated rings. The molecule has 28 heavy (non-hydrogen) atoms. The smallest absolute Gasteiger partial charge is 0.325 e. The molecule has 1 aliphatic carbocycles. The van der Waals surface area contributed by atoms with E-state index in [9.17, 15) is 9.59 Å². The number of amides is 3. The van der Waals surface area contributed by atoms with Crippen molar-refractivity contribution in [2.75, 3.05) is 10.6 Å². The Hall–Kier alpha value is -2.12. The molecule has 1 saturated carbocycles. The number of aromatic nitrogens is 1. The lowest BCUT2D eigenvalue weighted by Gasteiger charge is -2.39. The van der Waals surface area contributed by atoms with Crippen molar-refractivity contribution < 1.29 is 9.59 Å². The Morgan fingerprint density at radius 3 is 2.75 bits per heavy atom. The van der Waals surface area contributed by atoms with Gasteiger partial charge in [0, 0.05) is 22.1 Å². The third kappa shape index (κ3) is 5.69. The van der Waals surface area contributed by atoms with Crippen LogP contribution in [0.4, 0.5) is 15.6 Å². The minimum atomic E-state index is -0.438. The predicted molar refractivity (Wildman–Crippen MR) is 114 cm³/mol. The van der Waals surface area contributed by atoms with Gasteiger partial charge in [0.2, 0.25) is 0 Å². The average Bonchev–Trinajstić information content (AvgIpc) is 3.01. The number of carbonyl (C=O) groups is 2. The number of nitrogens with zero attached hydrogens (tertiary/aromatic N) is 1. The number of halogens is 1. The van der Waals surface area contributed by atoms with Gasteiger partial charge in [0.15, 0.2) is 5.13 Å². The van der Waals surface area contributed by atoms with Crippen molar-refractivity contribution in [3.63, 3.8) is 0 Å². The van der Waals surface area contributed by atoms with Crippen molar-refractivity contribution in [3.8, 4) is 0 Å². The van der Waals surface area contributed by atoms with Crippen LogP contribution in [0.5, 0.6) is 0 Å². The van der Waals surface area contributed by atoms with E-state index in [2.05, 4.69) is 41.7 Å². The molecule has 3 N–H and O–H groups in total. The van der Waals surface area contributed by atoms with Gasteiger partial charge in [0.1, 0.15) is 5.69 Å². The molecule has 2 aromatic rings. The number of hydrogen-bond donors (Lipinski definition) is 3. The topological polar surface area (TPSA) is 83.1 Å². The van der Waals surface area contributed by atoms with Crippen molar-refractivity contribution in [1.82, 2.24) is 10.3 Å². The van der Waals surface area contributed by atoms with Gasteiger partial charge in [-0.25, -0.2) is 9.78 Å². The van der Waals surface area contributed by atoms with Crippen LogP contribution in [0.15, 0.2) is 29.6 Å². The number of thiazole rings is 1. The van der Waals surface area contributed by atoms with Crippen LogP contribution >= 0.6 is 22.9 Å². The summed E-state index contributed by atoms with van der Waals surface area (Å²) in [5, 5.41) is 11.0. The van der Waals surface area contributed by atoms with Gasteiger partial charge in [-0.1, -0.05) is 38.4 Å². The third-order valence-electron chi connectivity index (χ3n) is 4.76. The summed E-state index contributed by atoms with van der Waals surface area (Å²) in [6.45, 7) is 6.71. The van der Waals surface area contributed by atoms with E-state index < -0.39 is 6.03 Å². The summed E-state index contributed by atoms with van der Waals surface area (Å²) >= 11 is 7.12. The molecular weight excluding hydrogens is 396 g/mol. The van der Waals surface area contributed by atoms with Crippen molar-refractivity contribution in [1.29, 1.82) is 0 Å². The Balaban J connectivity index is 1.56. The molecule has 1 aromatic heterocycles. The lowest BCUT2D eigenvalue weighted by atomic mass is 9.70. The van der Waals surface area contributed by atoms with Gasteiger partial charge in [0.05, 0.1) is 0 Å². The summed E-state index contributed by atoms with van der Waals surface area (Å²) in [7, 11) is 0. The fourth-order valence-electron chi connectivity index (χ4n) is 3.98. The van der Waals surface area contributed by atoms with Gasteiger partial charge < -0.3 is 10.6 Å². The van der Waals surface area contributed by atoms with E-state index in [0.717, 1.165) is 12.8 Å². The quantitative estimate of drug-likeness (QED) is 0.620. The zero-order chi connectivity index (χ0) is 20.3. The summed E-state index contributed by atoms with van der Waals surface area (Å²) in [6.07, 6.45) is 3.11. The molecule has 8 heteroatoms. The largest absolute Gasteiger partial charge is 0.348 e. The Labute approximate surface area is 174 Å². The number of carbonyl (C=O) groups excluding carboxylic acids is 2. The summed E-state index contributed by atoms with van der Waals surface area (Å²) in [6, 6.07) is 6.57. The Morgan fingerprint density at radius 1 is 1.25 bits per heavy atom. The second-order valence-electron chi connectivity index (χ2n) is 8.21. The third-order valence-corrected chi connectivity index (χ3v) is 5.75. The molecule has 0 saturated heterocycles. The lowest BCUT2D eigenvalue weighted by molar-refractivity contribution is 0.0870. The van der Waals surface area contributed by atoms with Gasteiger partial charge >= 0.3 is 6.03 Å². The highest BCUT2D eigenvalue weighted by atomic mass is 35.5. The highest BCUT2D eigenvalue weighted by Gasteiger charge is 2.33. The second kappa shape index (κ2) is 8.49. The number of urea groups is 1. The van der Waals surface area contributed by atoms with Crippen molar-refractivity contribution >= 4 is 45.7 Å². The highest BCUT2D eigenvalue weighted by Crippen LogP contribution is 2.38. The molecule has 2 unspecified atom stereocenters. The molecule has 150 valence electrons. The maximum absolute atomic E-state index is 12.5. The van der Waals surface area contributed by atoms with Crippen molar-refractivity contribution in [2.24, 2.45) is 11.3 Å². The lowest BCUT2D eigenvalue weighted by Crippen LogP contribution is -2.43. The number of hydrogen-bond acceptors (Lipinski definition) is 4. The van der Waals surface area contributed by atoms with Crippen LogP contribution in [0.3, 0.4) is 0 Å². The first-order chi connectivity index (χ1) is 13.2. The highest BCUT2D eigenvalue weighted by molar-refractivity contribution is 7.14. The number of anilines is 2. The normalized spacial score (nSPS) is 21.0. The van der Waals surface area contributed by atoms with Crippen LogP contribution in [0.25, 0.3) is 0 Å². The Bertz CT molecular complexity index is 867. The zero-order valence-electron chi connectivity index (χ0n) is 16.2. The van der Waals surface area contributed by atoms with Gasteiger partial charge in [-0.2, -0.15) is 0 Å². The van der Waals surface area contributed by atoms with Gasteiger partial charge in [0.25, 0.3) is 5.91 Å². The molecule has 2 atom stereocenters. The van der Waals surface area contributed by atoms with Gasteiger partial charge in [-0.3, -0.25) is 10.1 Å². The average molecular weight is 421 g/mol.